The molecule has 6 nitrogen and oxygen atoms in total. The molecular weight excluding hydrogens is 378 g/mol. The normalized spacial score (nSPS) is 10.4. The van der Waals surface area contributed by atoms with E-state index in [1.54, 1.807) is 49.7 Å². The second-order valence-electron chi connectivity index (χ2n) is 6.27. The van der Waals surface area contributed by atoms with Gasteiger partial charge in [-0.1, -0.05) is 35.9 Å². The number of hydrogen-bond donors (Lipinski definition) is 2. The molecule has 3 rings (SSSR count). The Morgan fingerprint density at radius 3 is 2.64 bits per heavy atom. The summed E-state index contributed by atoms with van der Waals surface area (Å²) < 4.78 is 6.66. The largest absolute Gasteiger partial charge is 0.497 e. The highest BCUT2D eigenvalue weighted by Crippen LogP contribution is 2.18. The topological polar surface area (TPSA) is 72.4 Å². The first-order valence-electron chi connectivity index (χ1n) is 8.63. The summed E-state index contributed by atoms with van der Waals surface area (Å²) in [5, 5.41) is 5.90. The van der Waals surface area contributed by atoms with Crippen LogP contribution < -0.4 is 20.9 Å². The second-order valence-corrected chi connectivity index (χ2v) is 6.67. The van der Waals surface area contributed by atoms with Gasteiger partial charge in [-0.25, -0.2) is 4.79 Å². The van der Waals surface area contributed by atoms with Crippen LogP contribution in [0.4, 0.5) is 16.2 Å². The zero-order valence-electron chi connectivity index (χ0n) is 15.5. The van der Waals surface area contributed by atoms with E-state index in [0.717, 1.165) is 11.1 Å². The van der Waals surface area contributed by atoms with E-state index in [1.165, 1.54) is 4.57 Å². The lowest BCUT2D eigenvalue weighted by molar-refractivity contribution is 0.262. The monoisotopic (exact) mass is 397 g/mol. The van der Waals surface area contributed by atoms with Crippen LogP contribution in [0.1, 0.15) is 11.1 Å². The number of aromatic nitrogens is 1. The fourth-order valence-electron chi connectivity index (χ4n) is 2.79. The van der Waals surface area contributed by atoms with Gasteiger partial charge in [-0.05, 0) is 42.3 Å². The third-order valence-corrected chi connectivity index (χ3v) is 4.47. The molecule has 1 aromatic heterocycles. The maximum Gasteiger partial charge on any atom is 0.323 e. The third kappa shape index (κ3) is 4.72. The molecule has 2 amide bonds. The average Bonchev–Trinajstić information content (AvgIpc) is 2.67. The van der Waals surface area contributed by atoms with Gasteiger partial charge in [-0.15, -0.1) is 0 Å². The molecule has 3 aromatic rings. The number of urea groups is 1. The van der Waals surface area contributed by atoms with Crippen molar-refractivity contribution in [3.8, 4) is 5.75 Å². The van der Waals surface area contributed by atoms with E-state index in [4.69, 9.17) is 16.3 Å². The number of anilines is 2. The van der Waals surface area contributed by atoms with Gasteiger partial charge in [-0.2, -0.15) is 0 Å². The molecule has 28 heavy (non-hydrogen) atoms. The van der Waals surface area contributed by atoms with Crippen molar-refractivity contribution in [3.05, 3.63) is 87.3 Å². The first-order valence-corrected chi connectivity index (χ1v) is 9.00. The van der Waals surface area contributed by atoms with E-state index >= 15 is 0 Å². The number of halogens is 1. The molecule has 144 valence electrons. The molecule has 2 aromatic carbocycles. The summed E-state index contributed by atoms with van der Waals surface area (Å²) in [5.74, 6) is 0.621. The molecule has 7 heteroatoms. The van der Waals surface area contributed by atoms with Crippen LogP contribution in [-0.2, 0) is 6.54 Å². The minimum Gasteiger partial charge on any atom is -0.497 e. The predicted octanol–water partition coefficient (Wildman–Crippen LogP) is 4.51. The Morgan fingerprint density at radius 1 is 1.11 bits per heavy atom. The molecular formula is C21H20ClN3O3. The summed E-state index contributed by atoms with van der Waals surface area (Å²) in [5.41, 5.74) is 2.09. The van der Waals surface area contributed by atoms with E-state index in [1.807, 2.05) is 25.1 Å². The van der Waals surface area contributed by atoms with Crippen LogP contribution in [0.15, 0.2) is 65.6 Å². The molecule has 2 N–H and O–H groups in total. The highest BCUT2D eigenvalue weighted by atomic mass is 35.5. The summed E-state index contributed by atoms with van der Waals surface area (Å²) in [6.45, 7) is 2.17. The van der Waals surface area contributed by atoms with E-state index in [-0.39, 0.29) is 11.2 Å². The Balaban J connectivity index is 1.80. The molecule has 0 aliphatic carbocycles. The predicted molar refractivity (Wildman–Crippen MR) is 112 cm³/mol. The van der Waals surface area contributed by atoms with Crippen LogP contribution in [0.2, 0.25) is 5.02 Å². The molecule has 0 aliphatic heterocycles. The molecule has 0 radical (unpaired) electrons. The van der Waals surface area contributed by atoms with Crippen LogP contribution in [0.25, 0.3) is 0 Å². The number of pyridine rings is 1. The maximum absolute atomic E-state index is 12.8. The van der Waals surface area contributed by atoms with Crippen molar-refractivity contribution in [2.75, 3.05) is 17.7 Å². The van der Waals surface area contributed by atoms with Crippen molar-refractivity contribution < 1.29 is 9.53 Å². The Labute approximate surface area is 167 Å². The van der Waals surface area contributed by atoms with E-state index in [2.05, 4.69) is 10.6 Å². The van der Waals surface area contributed by atoms with Crippen molar-refractivity contribution >= 4 is 29.0 Å². The van der Waals surface area contributed by atoms with Crippen molar-refractivity contribution in [1.82, 2.24) is 4.57 Å². The molecule has 0 saturated carbocycles. The fraction of sp³-hybridized carbons (Fsp3) is 0.143. The van der Waals surface area contributed by atoms with Crippen LogP contribution >= 0.6 is 11.6 Å². The minimum atomic E-state index is -0.514. The molecule has 0 spiro atoms. The highest BCUT2D eigenvalue weighted by molar-refractivity contribution is 6.31. The number of aryl methyl sites for hydroxylation is 1. The van der Waals surface area contributed by atoms with Crippen molar-refractivity contribution in [1.29, 1.82) is 0 Å². The summed E-state index contributed by atoms with van der Waals surface area (Å²) in [4.78, 5) is 25.1. The van der Waals surface area contributed by atoms with Crippen molar-refractivity contribution in [3.63, 3.8) is 0 Å². The number of nitrogens with zero attached hydrogens (tertiary/aromatic N) is 1. The molecule has 0 fully saturated rings. The SMILES string of the molecule is COc1cccc(NC(=O)Nc2cc(C)cn(Cc3ccccc3Cl)c2=O)c1. The zero-order valence-corrected chi connectivity index (χ0v) is 16.3. The van der Waals surface area contributed by atoms with E-state index in [9.17, 15) is 9.59 Å². The number of carbonyl (C=O) groups is 1. The Bertz CT molecular complexity index is 1060. The van der Waals surface area contributed by atoms with Gasteiger partial charge in [-0.3, -0.25) is 4.79 Å². The van der Waals surface area contributed by atoms with Crippen molar-refractivity contribution in [2.24, 2.45) is 0 Å². The number of carbonyl (C=O) groups excluding carboxylic acids is 1. The highest BCUT2D eigenvalue weighted by Gasteiger charge is 2.11. The van der Waals surface area contributed by atoms with Gasteiger partial charge in [0.25, 0.3) is 5.56 Å². The quantitative estimate of drug-likeness (QED) is 0.665. The van der Waals surface area contributed by atoms with Gasteiger partial charge in [0.15, 0.2) is 0 Å². The molecule has 0 saturated heterocycles. The van der Waals surface area contributed by atoms with Crippen LogP contribution in [0.3, 0.4) is 0 Å². The lowest BCUT2D eigenvalue weighted by Crippen LogP contribution is -2.28. The van der Waals surface area contributed by atoms with Gasteiger partial charge < -0.3 is 19.9 Å². The first kappa shape index (κ1) is 19.5. The van der Waals surface area contributed by atoms with Gasteiger partial charge in [0, 0.05) is 23.0 Å². The molecule has 0 bridgehead atoms. The zero-order chi connectivity index (χ0) is 20.1. The Kier molecular flexibility index (Phi) is 6.01. The molecule has 0 aliphatic rings. The number of nitrogens with one attached hydrogen (secondary N) is 2. The number of ether oxygens (including phenoxy) is 1. The molecule has 0 unspecified atom stereocenters. The lowest BCUT2D eigenvalue weighted by Gasteiger charge is -2.13. The van der Waals surface area contributed by atoms with E-state index in [0.29, 0.717) is 23.0 Å². The van der Waals surface area contributed by atoms with Gasteiger partial charge in [0.2, 0.25) is 0 Å². The standard InChI is InChI=1S/C21H20ClN3O3/c1-14-10-19(24-21(27)23-16-7-5-8-17(11-16)28-2)20(26)25(12-14)13-15-6-3-4-9-18(15)22/h3-12H,13H2,1-2H3,(H2,23,24,27). The number of methoxy groups -OCH3 is 1. The van der Waals surface area contributed by atoms with Gasteiger partial charge >= 0.3 is 6.03 Å². The minimum absolute atomic E-state index is 0.187. The number of rotatable bonds is 5. The fourth-order valence-corrected chi connectivity index (χ4v) is 2.98. The summed E-state index contributed by atoms with van der Waals surface area (Å²) in [6.07, 6.45) is 1.73. The number of amides is 2. The lowest BCUT2D eigenvalue weighted by atomic mass is 10.2. The summed E-state index contributed by atoms with van der Waals surface area (Å²) in [7, 11) is 1.55. The average molecular weight is 398 g/mol. The van der Waals surface area contributed by atoms with Gasteiger partial charge in [0.05, 0.1) is 13.7 Å². The second kappa shape index (κ2) is 8.63. The smallest absolute Gasteiger partial charge is 0.323 e. The maximum atomic E-state index is 12.8. The van der Waals surface area contributed by atoms with Crippen LogP contribution in [0, 0.1) is 6.92 Å². The number of hydrogen-bond acceptors (Lipinski definition) is 3. The van der Waals surface area contributed by atoms with Crippen LogP contribution in [-0.4, -0.2) is 17.7 Å². The first-order chi connectivity index (χ1) is 13.5. The number of benzene rings is 2. The Morgan fingerprint density at radius 2 is 1.89 bits per heavy atom. The van der Waals surface area contributed by atoms with Gasteiger partial charge in [0.1, 0.15) is 11.4 Å². The van der Waals surface area contributed by atoms with Crippen molar-refractivity contribution in [2.45, 2.75) is 13.5 Å². The van der Waals surface area contributed by atoms with E-state index < -0.39 is 6.03 Å². The molecule has 1 heterocycles. The third-order valence-electron chi connectivity index (χ3n) is 4.10. The molecule has 0 atom stereocenters. The summed E-state index contributed by atoms with van der Waals surface area (Å²) >= 11 is 6.20. The Hall–Kier alpha value is -3.25. The summed E-state index contributed by atoms with van der Waals surface area (Å²) in [6, 6.07) is 15.4. The van der Waals surface area contributed by atoms with Crippen LogP contribution in [0.5, 0.6) is 5.75 Å².